The van der Waals surface area contributed by atoms with Crippen molar-refractivity contribution in [3.63, 3.8) is 0 Å². The van der Waals surface area contributed by atoms with E-state index >= 15 is 0 Å². The molecule has 0 unspecified atom stereocenters. The van der Waals surface area contributed by atoms with Gasteiger partial charge in [-0.05, 0) is 66.6 Å². The van der Waals surface area contributed by atoms with E-state index in [0.29, 0.717) is 17.7 Å². The molecule has 1 fully saturated rings. The molecule has 7 nitrogen and oxygen atoms in total. The van der Waals surface area contributed by atoms with Gasteiger partial charge in [0.25, 0.3) is 5.91 Å². The second-order valence-corrected chi connectivity index (χ2v) is 9.92. The van der Waals surface area contributed by atoms with E-state index in [1.165, 1.54) is 7.11 Å². The van der Waals surface area contributed by atoms with E-state index in [4.69, 9.17) is 4.74 Å². The predicted octanol–water partition coefficient (Wildman–Crippen LogP) is 5.06. The molecule has 1 amide bonds. The summed E-state index contributed by atoms with van der Waals surface area (Å²) in [5.41, 5.74) is 8.89. The molecule has 188 valence electrons. The Balaban J connectivity index is 1.20. The lowest BCUT2D eigenvalue weighted by atomic mass is 9.93. The number of aliphatic hydroxyl groups excluding tert-OH is 1. The van der Waals surface area contributed by atoms with Crippen molar-refractivity contribution in [1.29, 1.82) is 0 Å². The fourth-order valence-electron chi connectivity index (χ4n) is 5.48. The number of phenolic OH excluding ortho intramolecular Hbond substituents is 1. The molecular weight excluding hydrogens is 466 g/mol. The van der Waals surface area contributed by atoms with E-state index in [-0.39, 0.29) is 23.8 Å². The Hall–Kier alpha value is -4.10. The summed E-state index contributed by atoms with van der Waals surface area (Å²) in [6.45, 7) is 0. The lowest BCUT2D eigenvalue weighted by Crippen LogP contribution is -2.38. The minimum atomic E-state index is -0.238. The van der Waals surface area contributed by atoms with Gasteiger partial charge in [0.15, 0.2) is 11.5 Å². The van der Waals surface area contributed by atoms with Crippen LogP contribution in [0.25, 0.3) is 33.6 Å². The van der Waals surface area contributed by atoms with Gasteiger partial charge in [0.2, 0.25) is 0 Å². The minimum Gasteiger partial charge on any atom is -0.504 e. The van der Waals surface area contributed by atoms with Gasteiger partial charge in [-0.1, -0.05) is 36.4 Å². The molecule has 0 saturated heterocycles. The molecule has 0 atom stereocenters. The number of aromatic amines is 1. The Morgan fingerprint density at radius 2 is 1.70 bits per heavy atom. The van der Waals surface area contributed by atoms with Crippen molar-refractivity contribution in [1.82, 2.24) is 15.5 Å². The largest absolute Gasteiger partial charge is 0.504 e. The third kappa shape index (κ3) is 4.36. The Morgan fingerprint density at radius 1 is 0.973 bits per heavy atom. The summed E-state index contributed by atoms with van der Waals surface area (Å²) in [7, 11) is 1.54. The summed E-state index contributed by atoms with van der Waals surface area (Å²) >= 11 is 0. The molecule has 1 aromatic heterocycles. The highest BCUT2D eigenvalue weighted by atomic mass is 16.5. The summed E-state index contributed by atoms with van der Waals surface area (Å²) in [5.74, 6) is 0.499. The summed E-state index contributed by atoms with van der Waals surface area (Å²) in [4.78, 5) is 12.9. The molecule has 37 heavy (non-hydrogen) atoms. The molecule has 1 saturated carbocycles. The summed E-state index contributed by atoms with van der Waals surface area (Å²) in [6, 6.07) is 19.5. The van der Waals surface area contributed by atoms with Crippen LogP contribution in [0.5, 0.6) is 11.5 Å². The first kappa shape index (κ1) is 23.3. The SMILES string of the molecule is COc1cc(-c2ccc(-c3n[nH]c4c3Cc3cc(C(=O)NC5CCC(O)CC5)ccc3-4)cc2)ccc1O. The number of nitrogens with zero attached hydrogens (tertiary/aromatic N) is 1. The van der Waals surface area contributed by atoms with Crippen LogP contribution in [0.4, 0.5) is 0 Å². The Kier molecular flexibility index (Phi) is 5.93. The van der Waals surface area contributed by atoms with E-state index in [0.717, 1.165) is 70.5 Å². The zero-order chi connectivity index (χ0) is 25.5. The number of amides is 1. The zero-order valence-electron chi connectivity index (χ0n) is 20.6. The van der Waals surface area contributed by atoms with Gasteiger partial charge in [-0.3, -0.25) is 9.89 Å². The number of benzene rings is 3. The number of aliphatic hydroxyl groups is 1. The van der Waals surface area contributed by atoms with Gasteiger partial charge in [-0.25, -0.2) is 0 Å². The lowest BCUT2D eigenvalue weighted by molar-refractivity contribution is 0.0867. The number of fused-ring (bicyclic) bond motifs is 3. The number of carbonyl (C=O) groups excluding carboxylic acids is 1. The van der Waals surface area contributed by atoms with Crippen molar-refractivity contribution >= 4 is 5.91 Å². The molecule has 0 radical (unpaired) electrons. The van der Waals surface area contributed by atoms with Gasteiger partial charge in [0, 0.05) is 34.7 Å². The van der Waals surface area contributed by atoms with Crippen LogP contribution in [0.3, 0.4) is 0 Å². The maximum absolute atomic E-state index is 12.9. The smallest absolute Gasteiger partial charge is 0.251 e. The van der Waals surface area contributed by atoms with Crippen LogP contribution in [-0.4, -0.2) is 45.6 Å². The molecule has 4 N–H and O–H groups in total. The van der Waals surface area contributed by atoms with Gasteiger partial charge in [-0.2, -0.15) is 5.10 Å². The molecule has 0 bridgehead atoms. The summed E-state index contributed by atoms with van der Waals surface area (Å²) in [5, 5.41) is 30.5. The third-order valence-corrected chi connectivity index (χ3v) is 7.57. The number of aromatic nitrogens is 2. The van der Waals surface area contributed by atoms with Gasteiger partial charge in [0.1, 0.15) is 0 Å². The normalized spacial score (nSPS) is 18.2. The molecule has 2 aliphatic carbocycles. The minimum absolute atomic E-state index is 0.0560. The average molecular weight is 496 g/mol. The molecular formula is C30H29N3O4. The third-order valence-electron chi connectivity index (χ3n) is 7.57. The van der Waals surface area contributed by atoms with Crippen molar-refractivity contribution in [3.05, 3.63) is 77.4 Å². The molecule has 1 heterocycles. The topological polar surface area (TPSA) is 107 Å². The van der Waals surface area contributed by atoms with Crippen LogP contribution in [0, 0.1) is 0 Å². The second kappa shape index (κ2) is 9.41. The number of methoxy groups -OCH3 is 1. The standard InChI is InChI=1S/C30H29N3O4/c1-37-27-16-19(7-13-26(27)35)17-2-4-18(5-3-17)28-25-15-21-14-20(6-12-24(21)29(25)33-32-28)30(36)31-22-8-10-23(34)11-9-22/h2-7,12-14,16,22-23,34-35H,8-11,15H2,1H3,(H,31,36)(H,32,33). The maximum atomic E-state index is 12.9. The average Bonchev–Trinajstić information content (AvgIpc) is 3.49. The number of carbonyl (C=O) groups is 1. The number of phenols is 1. The Morgan fingerprint density at radius 3 is 2.46 bits per heavy atom. The van der Waals surface area contributed by atoms with Gasteiger partial charge in [-0.15, -0.1) is 0 Å². The van der Waals surface area contributed by atoms with Crippen LogP contribution < -0.4 is 10.1 Å². The molecule has 6 rings (SSSR count). The number of ether oxygens (including phenoxy) is 1. The van der Waals surface area contributed by atoms with E-state index < -0.39 is 0 Å². The highest BCUT2D eigenvalue weighted by molar-refractivity contribution is 5.96. The van der Waals surface area contributed by atoms with Crippen LogP contribution in [0.2, 0.25) is 0 Å². The van der Waals surface area contributed by atoms with Gasteiger partial charge in [0.05, 0.1) is 24.6 Å². The van der Waals surface area contributed by atoms with Crippen LogP contribution in [-0.2, 0) is 6.42 Å². The monoisotopic (exact) mass is 495 g/mol. The van der Waals surface area contributed by atoms with Crippen molar-refractivity contribution in [3.8, 4) is 45.1 Å². The van der Waals surface area contributed by atoms with E-state index in [1.54, 1.807) is 6.07 Å². The molecule has 2 aliphatic rings. The first-order chi connectivity index (χ1) is 18.0. The number of hydrogen-bond acceptors (Lipinski definition) is 5. The fourth-order valence-corrected chi connectivity index (χ4v) is 5.48. The molecule has 3 aromatic carbocycles. The number of hydrogen-bond donors (Lipinski definition) is 4. The Bertz CT molecular complexity index is 1470. The lowest BCUT2D eigenvalue weighted by Gasteiger charge is -2.26. The first-order valence-electron chi connectivity index (χ1n) is 12.7. The van der Waals surface area contributed by atoms with E-state index in [1.807, 2.05) is 54.6 Å². The van der Waals surface area contributed by atoms with Gasteiger partial charge >= 0.3 is 0 Å². The molecule has 4 aromatic rings. The predicted molar refractivity (Wildman–Crippen MR) is 142 cm³/mol. The van der Waals surface area contributed by atoms with Crippen molar-refractivity contribution in [2.45, 2.75) is 44.2 Å². The quantitative estimate of drug-likeness (QED) is 0.273. The van der Waals surface area contributed by atoms with Crippen molar-refractivity contribution in [2.75, 3.05) is 7.11 Å². The highest BCUT2D eigenvalue weighted by Crippen LogP contribution is 2.41. The van der Waals surface area contributed by atoms with Crippen LogP contribution >= 0.6 is 0 Å². The number of nitrogens with one attached hydrogen (secondary N) is 2. The van der Waals surface area contributed by atoms with E-state index in [9.17, 15) is 15.0 Å². The second-order valence-electron chi connectivity index (χ2n) is 9.92. The summed E-state index contributed by atoms with van der Waals surface area (Å²) in [6.07, 6.45) is 3.59. The van der Waals surface area contributed by atoms with Crippen LogP contribution in [0.15, 0.2) is 60.7 Å². The summed E-state index contributed by atoms with van der Waals surface area (Å²) < 4.78 is 5.24. The highest BCUT2D eigenvalue weighted by Gasteiger charge is 2.27. The van der Waals surface area contributed by atoms with Gasteiger partial charge < -0.3 is 20.3 Å². The van der Waals surface area contributed by atoms with E-state index in [2.05, 4.69) is 15.5 Å². The Labute approximate surface area is 215 Å². The fraction of sp³-hybridized carbons (Fsp3) is 0.267. The first-order valence-corrected chi connectivity index (χ1v) is 12.7. The van der Waals surface area contributed by atoms with Crippen molar-refractivity contribution in [2.24, 2.45) is 0 Å². The number of aromatic hydroxyl groups is 1. The maximum Gasteiger partial charge on any atom is 0.251 e. The molecule has 7 heteroatoms. The molecule has 0 aliphatic heterocycles. The zero-order valence-corrected chi connectivity index (χ0v) is 20.6. The van der Waals surface area contributed by atoms with Crippen LogP contribution in [0.1, 0.15) is 47.2 Å². The number of H-pyrrole nitrogens is 1. The molecule has 0 spiro atoms. The number of rotatable bonds is 5. The van der Waals surface area contributed by atoms with Crippen molar-refractivity contribution < 1.29 is 19.7 Å².